The minimum Gasteiger partial charge on any atom is -0.447 e. The predicted molar refractivity (Wildman–Crippen MR) is 63.0 cm³/mol. The summed E-state index contributed by atoms with van der Waals surface area (Å²) < 4.78 is 15.0. The van der Waals surface area contributed by atoms with Crippen molar-refractivity contribution in [3.8, 4) is 0 Å². The molecule has 0 aliphatic rings. The molecule has 6 nitrogen and oxygen atoms in total. The van der Waals surface area contributed by atoms with Gasteiger partial charge in [-0.05, 0) is 20.8 Å². The third kappa shape index (κ3) is 13.1. The number of alkyl carbamates (subject to hydrolysis) is 1. The van der Waals surface area contributed by atoms with Gasteiger partial charge in [0.1, 0.15) is 6.61 Å². The van der Waals surface area contributed by atoms with Gasteiger partial charge in [-0.2, -0.15) is 0 Å². The number of carbonyl (C=O) groups is 1. The van der Waals surface area contributed by atoms with Gasteiger partial charge in [0, 0.05) is 5.54 Å². The summed E-state index contributed by atoms with van der Waals surface area (Å²) in [7, 11) is 0. The first kappa shape index (κ1) is 16.1. The van der Waals surface area contributed by atoms with E-state index in [-0.39, 0.29) is 18.8 Å². The first-order chi connectivity index (χ1) is 7.95. The molecule has 0 bridgehead atoms. The van der Waals surface area contributed by atoms with Gasteiger partial charge in [-0.3, -0.25) is 0 Å². The van der Waals surface area contributed by atoms with Gasteiger partial charge >= 0.3 is 6.09 Å². The van der Waals surface area contributed by atoms with Crippen molar-refractivity contribution in [1.29, 1.82) is 0 Å². The Labute approximate surface area is 102 Å². The number of ether oxygens (including phenoxy) is 3. The molecule has 0 aliphatic carbocycles. The third-order valence-electron chi connectivity index (χ3n) is 1.55. The number of carbonyl (C=O) groups excluding carboxylic acids is 1. The van der Waals surface area contributed by atoms with Crippen LogP contribution in [0.15, 0.2) is 0 Å². The van der Waals surface area contributed by atoms with Gasteiger partial charge in [-0.15, -0.1) is 0 Å². The Kier molecular flexibility index (Phi) is 8.75. The van der Waals surface area contributed by atoms with Crippen molar-refractivity contribution >= 4 is 6.09 Å². The Hall–Kier alpha value is -0.850. The SMILES string of the molecule is CC(C)(C)NC(=O)OCCOCCOCCO. The number of rotatable bonds is 8. The maximum atomic E-state index is 11.2. The average Bonchev–Trinajstić information content (AvgIpc) is 2.19. The third-order valence-corrected chi connectivity index (χ3v) is 1.55. The van der Waals surface area contributed by atoms with Gasteiger partial charge in [-0.1, -0.05) is 0 Å². The average molecular weight is 249 g/mol. The molecule has 102 valence electrons. The minimum atomic E-state index is -0.447. The highest BCUT2D eigenvalue weighted by molar-refractivity contribution is 5.67. The Morgan fingerprint density at radius 1 is 1.06 bits per heavy atom. The predicted octanol–water partition coefficient (Wildman–Crippen LogP) is 0.537. The number of hydrogen-bond donors (Lipinski definition) is 2. The van der Waals surface area contributed by atoms with Gasteiger partial charge < -0.3 is 24.6 Å². The van der Waals surface area contributed by atoms with Crippen LogP contribution >= 0.6 is 0 Å². The molecule has 17 heavy (non-hydrogen) atoms. The molecule has 0 saturated heterocycles. The van der Waals surface area contributed by atoms with E-state index in [1.54, 1.807) is 0 Å². The zero-order chi connectivity index (χ0) is 13.1. The van der Waals surface area contributed by atoms with Crippen LogP contribution in [0.5, 0.6) is 0 Å². The van der Waals surface area contributed by atoms with Crippen LogP contribution < -0.4 is 5.32 Å². The van der Waals surface area contributed by atoms with Gasteiger partial charge in [0.25, 0.3) is 0 Å². The minimum absolute atomic E-state index is 0.0100. The molecule has 1 amide bonds. The topological polar surface area (TPSA) is 77.0 Å². The number of aliphatic hydroxyl groups is 1. The molecule has 0 atom stereocenters. The van der Waals surface area contributed by atoms with Crippen LogP contribution in [-0.4, -0.2) is 56.4 Å². The molecule has 0 saturated carbocycles. The summed E-state index contributed by atoms with van der Waals surface area (Å²) in [5, 5.41) is 11.1. The summed E-state index contributed by atoms with van der Waals surface area (Å²) in [6.07, 6.45) is -0.447. The summed E-state index contributed by atoms with van der Waals surface area (Å²) >= 11 is 0. The molecule has 0 aromatic carbocycles. The van der Waals surface area contributed by atoms with Gasteiger partial charge in [0.05, 0.1) is 33.0 Å². The highest BCUT2D eigenvalue weighted by atomic mass is 16.6. The Morgan fingerprint density at radius 3 is 2.12 bits per heavy atom. The molecule has 0 aliphatic heterocycles. The van der Waals surface area contributed by atoms with Crippen molar-refractivity contribution in [3.63, 3.8) is 0 Å². The molecule has 2 N–H and O–H groups in total. The van der Waals surface area contributed by atoms with E-state index in [4.69, 9.17) is 19.3 Å². The lowest BCUT2D eigenvalue weighted by molar-refractivity contribution is 0.0181. The zero-order valence-corrected chi connectivity index (χ0v) is 10.8. The number of amides is 1. The molecule has 6 heteroatoms. The molecule has 0 unspecified atom stereocenters. The van der Waals surface area contributed by atoms with Crippen LogP contribution in [-0.2, 0) is 14.2 Å². The molecule has 0 aromatic heterocycles. The maximum Gasteiger partial charge on any atom is 0.407 e. The highest BCUT2D eigenvalue weighted by Crippen LogP contribution is 1.98. The Bertz CT molecular complexity index is 203. The van der Waals surface area contributed by atoms with Gasteiger partial charge in [-0.25, -0.2) is 4.79 Å². The maximum absolute atomic E-state index is 11.2. The Balaban J connectivity index is 3.25. The van der Waals surface area contributed by atoms with Crippen molar-refractivity contribution in [3.05, 3.63) is 0 Å². The van der Waals surface area contributed by atoms with Crippen LogP contribution in [0, 0.1) is 0 Å². The molecular weight excluding hydrogens is 226 g/mol. The normalized spacial score (nSPS) is 11.3. The van der Waals surface area contributed by atoms with E-state index in [0.717, 1.165) is 0 Å². The molecule has 0 aromatic rings. The van der Waals surface area contributed by atoms with Crippen molar-refractivity contribution in [2.24, 2.45) is 0 Å². The van der Waals surface area contributed by atoms with E-state index in [2.05, 4.69) is 5.32 Å². The zero-order valence-electron chi connectivity index (χ0n) is 10.8. The lowest BCUT2D eigenvalue weighted by Gasteiger charge is -2.19. The van der Waals surface area contributed by atoms with Crippen LogP contribution in [0.2, 0.25) is 0 Å². The fourth-order valence-corrected chi connectivity index (χ4v) is 0.922. The number of hydrogen-bond acceptors (Lipinski definition) is 5. The van der Waals surface area contributed by atoms with Crippen LogP contribution in [0.25, 0.3) is 0 Å². The Morgan fingerprint density at radius 2 is 1.59 bits per heavy atom. The lowest BCUT2D eigenvalue weighted by Crippen LogP contribution is -2.41. The summed E-state index contributed by atoms with van der Waals surface area (Å²) in [6, 6.07) is 0. The van der Waals surface area contributed by atoms with E-state index in [1.165, 1.54) is 0 Å². The molecule has 0 spiro atoms. The van der Waals surface area contributed by atoms with Crippen molar-refractivity contribution in [2.45, 2.75) is 26.3 Å². The van der Waals surface area contributed by atoms with E-state index in [9.17, 15) is 4.79 Å². The smallest absolute Gasteiger partial charge is 0.407 e. The number of nitrogens with one attached hydrogen (secondary N) is 1. The highest BCUT2D eigenvalue weighted by Gasteiger charge is 2.13. The van der Waals surface area contributed by atoms with E-state index in [1.807, 2.05) is 20.8 Å². The van der Waals surface area contributed by atoms with Crippen LogP contribution in [0.3, 0.4) is 0 Å². The fourth-order valence-electron chi connectivity index (χ4n) is 0.922. The van der Waals surface area contributed by atoms with Crippen molar-refractivity contribution in [2.75, 3.05) is 39.6 Å². The van der Waals surface area contributed by atoms with E-state index >= 15 is 0 Å². The number of aliphatic hydroxyl groups excluding tert-OH is 1. The van der Waals surface area contributed by atoms with Gasteiger partial charge in [0.15, 0.2) is 0 Å². The van der Waals surface area contributed by atoms with E-state index in [0.29, 0.717) is 26.4 Å². The monoisotopic (exact) mass is 249 g/mol. The summed E-state index contributed by atoms with van der Waals surface area (Å²) in [6.45, 7) is 7.35. The van der Waals surface area contributed by atoms with Crippen molar-refractivity contribution < 1.29 is 24.1 Å². The molecule has 0 rings (SSSR count). The van der Waals surface area contributed by atoms with Crippen LogP contribution in [0.1, 0.15) is 20.8 Å². The molecule has 0 heterocycles. The molecule has 0 radical (unpaired) electrons. The summed E-state index contributed by atoms with van der Waals surface area (Å²) in [5.41, 5.74) is -0.296. The lowest BCUT2D eigenvalue weighted by atomic mass is 10.1. The summed E-state index contributed by atoms with van der Waals surface area (Å²) in [5.74, 6) is 0. The quantitative estimate of drug-likeness (QED) is 0.614. The van der Waals surface area contributed by atoms with Gasteiger partial charge in [0.2, 0.25) is 0 Å². The second kappa shape index (κ2) is 9.21. The van der Waals surface area contributed by atoms with Crippen molar-refractivity contribution in [1.82, 2.24) is 5.32 Å². The largest absolute Gasteiger partial charge is 0.447 e. The standard InChI is InChI=1S/C11H23NO5/c1-11(2,3)12-10(14)17-9-8-16-7-6-15-5-4-13/h13H,4-9H2,1-3H3,(H,12,14). The summed E-state index contributed by atoms with van der Waals surface area (Å²) in [4.78, 5) is 11.2. The second-order valence-electron chi connectivity index (χ2n) is 4.46. The molecule has 0 fully saturated rings. The molecular formula is C11H23NO5. The van der Waals surface area contributed by atoms with Crippen LogP contribution in [0.4, 0.5) is 4.79 Å². The first-order valence-electron chi connectivity index (χ1n) is 5.67. The van der Waals surface area contributed by atoms with E-state index < -0.39 is 6.09 Å². The second-order valence-corrected chi connectivity index (χ2v) is 4.46. The first-order valence-corrected chi connectivity index (χ1v) is 5.67. The fraction of sp³-hybridized carbons (Fsp3) is 0.909.